The Balaban J connectivity index is 0.000000497. The summed E-state index contributed by atoms with van der Waals surface area (Å²) in [4.78, 5) is 14.8. The van der Waals surface area contributed by atoms with Crippen molar-refractivity contribution >= 4 is 51.4 Å². The molecule has 6 rings (SSSR count). The van der Waals surface area contributed by atoms with Crippen LogP contribution in [0.4, 0.5) is 0 Å². The van der Waals surface area contributed by atoms with Gasteiger partial charge in [0.25, 0.3) is 0 Å². The molecular weight excluding hydrogens is 737 g/mol. The van der Waals surface area contributed by atoms with Crippen molar-refractivity contribution in [3.8, 4) is 28.5 Å². The number of allylic oxidation sites excluding steroid dienone is 2. The first-order valence-corrected chi connectivity index (χ1v) is 17.7. The van der Waals surface area contributed by atoms with E-state index in [2.05, 4.69) is 92.4 Å². The number of hydrogen-bond acceptors (Lipinski definition) is 4. The number of fused-ring (bicyclic) bond motifs is 4. The molecule has 1 N–H and O–H groups in total. The Kier molecular flexibility index (Phi) is 9.97. The largest absolute Gasteiger partial charge is 0.512 e. The fourth-order valence-corrected chi connectivity index (χ4v) is 6.55. The van der Waals surface area contributed by atoms with Gasteiger partial charge in [-0.05, 0) is 58.1 Å². The molecule has 221 valence electrons. The molecule has 1 aromatic heterocycles. The van der Waals surface area contributed by atoms with Crippen molar-refractivity contribution in [2.75, 3.05) is 0 Å². The standard InChI is InChI=1S/C33H25N2Si.C5H8O2.Ir/c1-36(2,3)26-13-11-22(12-14-26)28-9-6-10-29-30(28)15-16-32-31(29)17-18-35-33(32)24-19-23-7-4-5-8-27(23)25(20-24)21-34;1-4(6)3-5(2)7;/h4-18,20H,1-3H3;3,6H,1-2H3;/q-1;;/b;4-3-;. The van der Waals surface area contributed by atoms with Gasteiger partial charge < -0.3 is 5.11 Å². The van der Waals surface area contributed by atoms with Gasteiger partial charge in [-0.2, -0.15) is 5.26 Å². The first-order chi connectivity index (χ1) is 20.6. The second kappa shape index (κ2) is 13.5. The van der Waals surface area contributed by atoms with E-state index < -0.39 is 8.07 Å². The first-order valence-electron chi connectivity index (χ1n) is 14.2. The van der Waals surface area contributed by atoms with Gasteiger partial charge in [-0.25, -0.2) is 0 Å². The Bertz CT molecular complexity index is 2070. The molecule has 0 amide bonds. The number of rotatable bonds is 4. The molecule has 0 saturated carbocycles. The van der Waals surface area contributed by atoms with E-state index in [1.807, 2.05) is 36.5 Å². The third kappa shape index (κ3) is 6.87. The monoisotopic (exact) mass is 770 g/mol. The van der Waals surface area contributed by atoms with Gasteiger partial charge in [0.1, 0.15) is 0 Å². The maximum Gasteiger partial charge on any atom is 0.155 e. The summed E-state index contributed by atoms with van der Waals surface area (Å²) >= 11 is 0. The van der Waals surface area contributed by atoms with Crippen LogP contribution in [-0.2, 0) is 24.9 Å². The molecule has 0 aliphatic rings. The fourth-order valence-electron chi connectivity index (χ4n) is 5.38. The molecule has 1 heterocycles. The quantitative estimate of drug-likeness (QED) is 0.0639. The van der Waals surface area contributed by atoms with E-state index in [0.717, 1.165) is 32.8 Å². The molecule has 4 nitrogen and oxygen atoms in total. The molecule has 0 atom stereocenters. The van der Waals surface area contributed by atoms with Crippen LogP contribution in [-0.4, -0.2) is 23.9 Å². The number of carbonyl (C=O) groups is 1. The number of aliphatic hydroxyl groups is 1. The van der Waals surface area contributed by atoms with Crippen LogP contribution in [0.3, 0.4) is 0 Å². The molecule has 0 bridgehead atoms. The number of benzene rings is 5. The minimum absolute atomic E-state index is 0. The number of nitriles is 1. The average molecular weight is 770 g/mol. The van der Waals surface area contributed by atoms with Crippen LogP contribution in [0.5, 0.6) is 0 Å². The van der Waals surface area contributed by atoms with Gasteiger partial charge in [0, 0.05) is 38.1 Å². The number of hydrogen-bond donors (Lipinski definition) is 1. The van der Waals surface area contributed by atoms with Crippen LogP contribution in [0.15, 0.2) is 109 Å². The average Bonchev–Trinajstić information content (AvgIpc) is 2.99. The molecule has 0 fully saturated rings. The predicted molar refractivity (Wildman–Crippen MR) is 181 cm³/mol. The third-order valence-electron chi connectivity index (χ3n) is 7.43. The number of aliphatic hydroxyl groups excluding tert-OH is 1. The molecule has 0 saturated heterocycles. The summed E-state index contributed by atoms with van der Waals surface area (Å²) in [5.41, 5.74) is 4.80. The minimum atomic E-state index is -1.34. The Morgan fingerprint density at radius 1 is 0.841 bits per heavy atom. The normalized spacial score (nSPS) is 11.4. The maximum absolute atomic E-state index is 10.0. The Morgan fingerprint density at radius 2 is 1.50 bits per heavy atom. The summed E-state index contributed by atoms with van der Waals surface area (Å²) in [7, 11) is -1.34. The zero-order chi connectivity index (χ0) is 30.7. The number of nitrogens with zero attached hydrogens (tertiary/aromatic N) is 2. The van der Waals surface area contributed by atoms with Crippen LogP contribution in [0.2, 0.25) is 19.6 Å². The Labute approximate surface area is 273 Å². The maximum atomic E-state index is 10.0. The van der Waals surface area contributed by atoms with E-state index in [1.165, 1.54) is 47.0 Å². The van der Waals surface area contributed by atoms with Crippen molar-refractivity contribution in [2.24, 2.45) is 0 Å². The van der Waals surface area contributed by atoms with Crippen molar-refractivity contribution in [3.63, 3.8) is 0 Å². The van der Waals surface area contributed by atoms with Crippen LogP contribution < -0.4 is 5.19 Å². The van der Waals surface area contributed by atoms with E-state index >= 15 is 0 Å². The molecule has 0 aliphatic heterocycles. The van der Waals surface area contributed by atoms with Gasteiger partial charge in [0.05, 0.1) is 19.9 Å². The number of pyridine rings is 1. The van der Waals surface area contributed by atoms with Crippen LogP contribution >= 0.6 is 0 Å². The van der Waals surface area contributed by atoms with E-state index in [9.17, 15) is 10.1 Å². The molecule has 0 aliphatic carbocycles. The Hall–Kier alpha value is -4.40. The third-order valence-corrected chi connectivity index (χ3v) is 9.49. The van der Waals surface area contributed by atoms with Gasteiger partial charge in [0.2, 0.25) is 0 Å². The van der Waals surface area contributed by atoms with Crippen molar-refractivity contribution in [2.45, 2.75) is 33.5 Å². The van der Waals surface area contributed by atoms with Crippen LogP contribution in [0.1, 0.15) is 19.4 Å². The van der Waals surface area contributed by atoms with E-state index in [4.69, 9.17) is 10.1 Å². The molecule has 44 heavy (non-hydrogen) atoms. The summed E-state index contributed by atoms with van der Waals surface area (Å²) < 4.78 is 0. The van der Waals surface area contributed by atoms with Crippen molar-refractivity contribution < 1.29 is 30.0 Å². The molecule has 5 aromatic carbocycles. The van der Waals surface area contributed by atoms with Crippen molar-refractivity contribution in [3.05, 3.63) is 121 Å². The molecular formula is C38H33IrN2O2Si-. The van der Waals surface area contributed by atoms with Gasteiger partial charge in [0.15, 0.2) is 5.78 Å². The SMILES string of the molecule is CC(=O)/C=C(/C)O.C[Si](C)(C)c1ccc(-c2cccc3c2ccc2c(-c4[c-]c5ccccc5c(C#N)c4)nccc23)cc1.[Ir]. The minimum Gasteiger partial charge on any atom is -0.512 e. The van der Waals surface area contributed by atoms with E-state index in [1.54, 1.807) is 0 Å². The summed E-state index contributed by atoms with van der Waals surface area (Å²) in [5.74, 6) is -0.0625. The van der Waals surface area contributed by atoms with Gasteiger partial charge in [-0.1, -0.05) is 109 Å². The number of carbonyl (C=O) groups excluding carboxylic acids is 1. The summed E-state index contributed by atoms with van der Waals surface area (Å²) in [5, 5.41) is 26.1. The van der Waals surface area contributed by atoms with E-state index in [-0.39, 0.29) is 31.6 Å². The summed E-state index contributed by atoms with van der Waals surface area (Å²) in [6.07, 6.45) is 3.03. The van der Waals surface area contributed by atoms with Gasteiger partial charge in [-0.3, -0.25) is 9.78 Å². The topological polar surface area (TPSA) is 74.0 Å². The summed E-state index contributed by atoms with van der Waals surface area (Å²) in [6, 6.07) is 37.8. The van der Waals surface area contributed by atoms with Crippen LogP contribution in [0, 0.1) is 17.4 Å². The van der Waals surface area contributed by atoms with Gasteiger partial charge in [-0.15, -0.1) is 23.6 Å². The second-order valence-corrected chi connectivity index (χ2v) is 16.8. The smallest absolute Gasteiger partial charge is 0.155 e. The van der Waals surface area contributed by atoms with Gasteiger partial charge >= 0.3 is 0 Å². The molecule has 0 spiro atoms. The number of aromatic nitrogens is 1. The number of ketones is 1. The molecule has 6 aromatic rings. The predicted octanol–water partition coefficient (Wildman–Crippen LogP) is 9.13. The van der Waals surface area contributed by atoms with Crippen molar-refractivity contribution in [1.82, 2.24) is 4.98 Å². The second-order valence-electron chi connectivity index (χ2n) is 11.7. The zero-order valence-corrected chi connectivity index (χ0v) is 28.8. The Morgan fingerprint density at radius 3 is 2.14 bits per heavy atom. The molecule has 6 heteroatoms. The summed E-state index contributed by atoms with van der Waals surface area (Å²) in [6.45, 7) is 9.99. The van der Waals surface area contributed by atoms with E-state index in [0.29, 0.717) is 5.56 Å². The van der Waals surface area contributed by atoms with Crippen molar-refractivity contribution in [1.29, 1.82) is 5.26 Å². The molecule has 0 unspecified atom stereocenters. The molecule has 1 radical (unpaired) electrons. The fraction of sp³-hybridized carbons (Fsp3) is 0.132. The zero-order valence-electron chi connectivity index (χ0n) is 25.4. The van der Waals surface area contributed by atoms with Crippen LogP contribution in [0.25, 0.3) is 54.7 Å². The first kappa shape index (κ1) is 32.5.